The molecule has 2 heterocycles. The third-order valence-corrected chi connectivity index (χ3v) is 2.37. The summed E-state index contributed by atoms with van der Waals surface area (Å²) in [7, 11) is 0. The summed E-state index contributed by atoms with van der Waals surface area (Å²) in [6.45, 7) is 6.68. The first-order valence-electron chi connectivity index (χ1n) is 4.79. The van der Waals surface area contributed by atoms with Crippen molar-refractivity contribution >= 4 is 5.95 Å². The molecule has 4 heteroatoms. The standard InChI is InChI=1S/C10H15N3O/c1-8-3-4-11-9(13-8)12-5-10(2)6-14-7-10/h3-4H,5-7H2,1-2H3,(H,11,12,13). The average molecular weight is 193 g/mol. The molecule has 4 nitrogen and oxygen atoms in total. The summed E-state index contributed by atoms with van der Waals surface area (Å²) in [5.74, 6) is 0.707. The van der Waals surface area contributed by atoms with Gasteiger partial charge < -0.3 is 10.1 Å². The molecule has 1 N–H and O–H groups in total. The summed E-state index contributed by atoms with van der Waals surface area (Å²) in [5.41, 5.74) is 1.24. The molecule has 1 fully saturated rings. The monoisotopic (exact) mass is 193 g/mol. The van der Waals surface area contributed by atoms with Crippen LogP contribution in [-0.2, 0) is 4.74 Å². The van der Waals surface area contributed by atoms with E-state index in [9.17, 15) is 0 Å². The van der Waals surface area contributed by atoms with Crippen LogP contribution < -0.4 is 5.32 Å². The van der Waals surface area contributed by atoms with E-state index >= 15 is 0 Å². The van der Waals surface area contributed by atoms with Crippen molar-refractivity contribution in [3.05, 3.63) is 18.0 Å². The number of aryl methyl sites for hydroxylation is 1. The molecular formula is C10H15N3O. The fourth-order valence-corrected chi connectivity index (χ4v) is 1.38. The van der Waals surface area contributed by atoms with Gasteiger partial charge in [0, 0.05) is 23.9 Å². The van der Waals surface area contributed by atoms with E-state index in [-0.39, 0.29) is 5.41 Å². The van der Waals surface area contributed by atoms with Crippen molar-refractivity contribution in [2.24, 2.45) is 5.41 Å². The quantitative estimate of drug-likeness (QED) is 0.784. The SMILES string of the molecule is Cc1ccnc(NCC2(C)COC2)n1. The molecule has 14 heavy (non-hydrogen) atoms. The Labute approximate surface area is 83.7 Å². The van der Waals surface area contributed by atoms with Crippen molar-refractivity contribution in [3.63, 3.8) is 0 Å². The van der Waals surface area contributed by atoms with E-state index in [4.69, 9.17) is 4.74 Å². The summed E-state index contributed by atoms with van der Waals surface area (Å²) in [4.78, 5) is 8.41. The lowest BCUT2D eigenvalue weighted by Crippen LogP contribution is -2.45. The van der Waals surface area contributed by atoms with Crippen LogP contribution in [0.2, 0.25) is 0 Å². The van der Waals surface area contributed by atoms with Crippen molar-refractivity contribution < 1.29 is 4.74 Å². The molecule has 2 rings (SSSR count). The molecule has 0 amide bonds. The second-order valence-electron chi connectivity index (χ2n) is 4.18. The average Bonchev–Trinajstić information content (AvgIpc) is 2.12. The van der Waals surface area contributed by atoms with Crippen LogP contribution in [0.15, 0.2) is 12.3 Å². The van der Waals surface area contributed by atoms with Gasteiger partial charge in [-0.1, -0.05) is 6.92 Å². The van der Waals surface area contributed by atoms with Crippen LogP contribution >= 0.6 is 0 Å². The third kappa shape index (κ3) is 2.01. The number of aromatic nitrogens is 2. The van der Waals surface area contributed by atoms with Crippen molar-refractivity contribution in [2.75, 3.05) is 25.1 Å². The zero-order valence-electron chi connectivity index (χ0n) is 8.58. The van der Waals surface area contributed by atoms with Crippen molar-refractivity contribution in [3.8, 4) is 0 Å². The van der Waals surface area contributed by atoms with Gasteiger partial charge in [0.1, 0.15) is 0 Å². The molecule has 0 aromatic carbocycles. The van der Waals surface area contributed by atoms with Crippen LogP contribution in [0.25, 0.3) is 0 Å². The van der Waals surface area contributed by atoms with Crippen LogP contribution in [0.3, 0.4) is 0 Å². The van der Waals surface area contributed by atoms with Crippen molar-refractivity contribution in [1.29, 1.82) is 0 Å². The molecule has 0 radical (unpaired) electrons. The first-order chi connectivity index (χ1) is 6.68. The van der Waals surface area contributed by atoms with Gasteiger partial charge in [0.05, 0.1) is 13.2 Å². The molecule has 1 aliphatic rings. The topological polar surface area (TPSA) is 47.0 Å². The van der Waals surface area contributed by atoms with E-state index in [1.807, 2.05) is 13.0 Å². The van der Waals surface area contributed by atoms with E-state index < -0.39 is 0 Å². The zero-order valence-corrected chi connectivity index (χ0v) is 8.58. The van der Waals surface area contributed by atoms with E-state index in [1.165, 1.54) is 0 Å². The molecule has 1 saturated heterocycles. The fraction of sp³-hybridized carbons (Fsp3) is 0.600. The molecule has 0 saturated carbocycles. The molecule has 0 spiro atoms. The van der Waals surface area contributed by atoms with Crippen LogP contribution in [0.1, 0.15) is 12.6 Å². The zero-order chi connectivity index (χ0) is 10.0. The molecule has 0 atom stereocenters. The first-order valence-corrected chi connectivity index (χ1v) is 4.79. The van der Waals surface area contributed by atoms with Gasteiger partial charge in [-0.15, -0.1) is 0 Å². The summed E-state index contributed by atoms with van der Waals surface area (Å²) in [6, 6.07) is 1.89. The van der Waals surface area contributed by atoms with Crippen molar-refractivity contribution in [2.45, 2.75) is 13.8 Å². The van der Waals surface area contributed by atoms with Gasteiger partial charge in [-0.2, -0.15) is 0 Å². The summed E-state index contributed by atoms with van der Waals surface area (Å²) in [6.07, 6.45) is 1.77. The maximum absolute atomic E-state index is 5.17. The van der Waals surface area contributed by atoms with Gasteiger partial charge in [0.25, 0.3) is 0 Å². The van der Waals surface area contributed by atoms with Gasteiger partial charge in [0.15, 0.2) is 0 Å². The lowest BCUT2D eigenvalue weighted by molar-refractivity contribution is -0.0925. The van der Waals surface area contributed by atoms with E-state index in [0.717, 1.165) is 25.5 Å². The Morgan fingerprint density at radius 2 is 2.36 bits per heavy atom. The number of nitrogens with zero attached hydrogens (tertiary/aromatic N) is 2. The predicted octanol–water partition coefficient (Wildman–Crippen LogP) is 1.23. The Balaban J connectivity index is 1.91. The first kappa shape index (κ1) is 9.40. The second kappa shape index (κ2) is 3.53. The Morgan fingerprint density at radius 1 is 1.57 bits per heavy atom. The Hall–Kier alpha value is -1.16. The molecule has 1 aromatic rings. The van der Waals surface area contributed by atoms with Crippen LogP contribution in [0.4, 0.5) is 5.95 Å². The maximum atomic E-state index is 5.17. The molecule has 0 bridgehead atoms. The van der Waals surface area contributed by atoms with E-state index in [0.29, 0.717) is 5.95 Å². The number of hydrogen-bond donors (Lipinski definition) is 1. The minimum atomic E-state index is 0.257. The van der Waals surface area contributed by atoms with Crippen molar-refractivity contribution in [1.82, 2.24) is 9.97 Å². The molecule has 1 aromatic heterocycles. The summed E-state index contributed by atoms with van der Waals surface area (Å²) in [5, 5.41) is 3.23. The number of nitrogens with one attached hydrogen (secondary N) is 1. The Bertz CT molecular complexity index is 323. The third-order valence-electron chi connectivity index (χ3n) is 2.37. The highest BCUT2D eigenvalue weighted by Gasteiger charge is 2.33. The highest BCUT2D eigenvalue weighted by molar-refractivity contribution is 5.25. The van der Waals surface area contributed by atoms with Gasteiger partial charge in [-0.25, -0.2) is 9.97 Å². The second-order valence-corrected chi connectivity index (χ2v) is 4.18. The highest BCUT2D eigenvalue weighted by Crippen LogP contribution is 2.26. The molecule has 1 aliphatic heterocycles. The minimum absolute atomic E-state index is 0.257. The molecule has 76 valence electrons. The van der Waals surface area contributed by atoms with Crippen LogP contribution in [0.5, 0.6) is 0 Å². The number of rotatable bonds is 3. The Morgan fingerprint density at radius 3 is 2.93 bits per heavy atom. The molecular weight excluding hydrogens is 178 g/mol. The van der Waals surface area contributed by atoms with E-state index in [1.54, 1.807) is 6.20 Å². The summed E-state index contributed by atoms with van der Waals surface area (Å²) >= 11 is 0. The summed E-state index contributed by atoms with van der Waals surface area (Å²) < 4.78 is 5.17. The molecule has 0 unspecified atom stereocenters. The van der Waals surface area contributed by atoms with Gasteiger partial charge in [0.2, 0.25) is 5.95 Å². The Kier molecular flexibility index (Phi) is 2.37. The van der Waals surface area contributed by atoms with Crippen LogP contribution in [0, 0.1) is 12.3 Å². The number of ether oxygens (including phenoxy) is 1. The number of anilines is 1. The van der Waals surface area contributed by atoms with E-state index in [2.05, 4.69) is 22.2 Å². The maximum Gasteiger partial charge on any atom is 0.222 e. The van der Waals surface area contributed by atoms with Gasteiger partial charge in [-0.3, -0.25) is 0 Å². The lowest BCUT2D eigenvalue weighted by Gasteiger charge is -2.37. The smallest absolute Gasteiger partial charge is 0.222 e. The van der Waals surface area contributed by atoms with Gasteiger partial charge >= 0.3 is 0 Å². The molecule has 0 aliphatic carbocycles. The minimum Gasteiger partial charge on any atom is -0.380 e. The van der Waals surface area contributed by atoms with Gasteiger partial charge in [-0.05, 0) is 13.0 Å². The number of hydrogen-bond acceptors (Lipinski definition) is 4. The lowest BCUT2D eigenvalue weighted by atomic mass is 9.89. The highest BCUT2D eigenvalue weighted by atomic mass is 16.5. The predicted molar refractivity (Wildman–Crippen MR) is 54.2 cm³/mol. The fourth-order valence-electron chi connectivity index (χ4n) is 1.38. The normalized spacial score (nSPS) is 18.7. The van der Waals surface area contributed by atoms with Crippen LogP contribution in [-0.4, -0.2) is 29.7 Å². The largest absolute Gasteiger partial charge is 0.380 e.